The van der Waals surface area contributed by atoms with Crippen LogP contribution in [0.5, 0.6) is 0 Å². The molecule has 1 aromatic carbocycles. The van der Waals surface area contributed by atoms with E-state index in [9.17, 15) is 5.11 Å². The van der Waals surface area contributed by atoms with Crippen molar-refractivity contribution in [3.63, 3.8) is 0 Å². The van der Waals surface area contributed by atoms with Crippen molar-refractivity contribution < 1.29 is 5.11 Å². The molecule has 0 spiro atoms. The highest BCUT2D eigenvalue weighted by molar-refractivity contribution is 5.45. The number of anilines is 2. The molecule has 0 radical (unpaired) electrons. The molecule has 0 bridgehead atoms. The Labute approximate surface area is 160 Å². The Morgan fingerprint density at radius 1 is 0.889 bits per heavy atom. The average Bonchev–Trinajstić information content (AvgIpc) is 3.34. The Hall–Kier alpha value is -2.18. The number of aromatic nitrogens is 2. The smallest absolute Gasteiger partial charge is 0.227 e. The van der Waals surface area contributed by atoms with Crippen molar-refractivity contribution in [2.75, 3.05) is 49.1 Å². The van der Waals surface area contributed by atoms with Gasteiger partial charge in [-0.1, -0.05) is 24.3 Å². The third-order valence-electron chi connectivity index (χ3n) is 6.26. The van der Waals surface area contributed by atoms with E-state index < -0.39 is 0 Å². The monoisotopic (exact) mass is 365 g/mol. The van der Waals surface area contributed by atoms with E-state index in [1.165, 1.54) is 24.0 Å². The maximum absolute atomic E-state index is 9.78. The van der Waals surface area contributed by atoms with Crippen molar-refractivity contribution in [2.45, 2.75) is 31.4 Å². The SMILES string of the molecule is OC1CCN(c2ccnc(N3CCN(C4Cc5ccccc5C4)CC3)n2)C1. The van der Waals surface area contributed by atoms with E-state index >= 15 is 0 Å². The van der Waals surface area contributed by atoms with E-state index in [1.807, 2.05) is 12.3 Å². The summed E-state index contributed by atoms with van der Waals surface area (Å²) in [4.78, 5) is 16.4. The van der Waals surface area contributed by atoms with Crippen molar-refractivity contribution in [2.24, 2.45) is 0 Å². The molecule has 1 aromatic heterocycles. The number of aliphatic hydroxyl groups excluding tert-OH is 1. The molecule has 0 saturated carbocycles. The van der Waals surface area contributed by atoms with Gasteiger partial charge in [-0.3, -0.25) is 4.90 Å². The van der Waals surface area contributed by atoms with Gasteiger partial charge in [-0.15, -0.1) is 0 Å². The summed E-state index contributed by atoms with van der Waals surface area (Å²) in [5.74, 6) is 1.76. The fourth-order valence-corrected chi connectivity index (χ4v) is 4.70. The van der Waals surface area contributed by atoms with E-state index in [-0.39, 0.29) is 6.10 Å². The molecule has 2 aliphatic heterocycles. The van der Waals surface area contributed by atoms with Gasteiger partial charge in [-0.25, -0.2) is 4.98 Å². The second kappa shape index (κ2) is 7.09. The zero-order chi connectivity index (χ0) is 18.2. The lowest BCUT2D eigenvalue weighted by atomic mass is 10.1. The summed E-state index contributed by atoms with van der Waals surface area (Å²) in [6.45, 7) is 5.61. The van der Waals surface area contributed by atoms with Gasteiger partial charge in [0, 0.05) is 51.5 Å². The van der Waals surface area contributed by atoms with Crippen LogP contribution in [0.4, 0.5) is 11.8 Å². The lowest BCUT2D eigenvalue weighted by Crippen LogP contribution is -2.51. The molecule has 2 aromatic rings. The van der Waals surface area contributed by atoms with Crippen molar-refractivity contribution in [3.05, 3.63) is 47.7 Å². The molecular weight excluding hydrogens is 338 g/mol. The normalized spacial score (nSPS) is 23.8. The standard InChI is InChI=1S/C21H27N5O/c27-19-6-8-26(15-19)20-5-7-22-21(23-20)25-11-9-24(10-12-25)18-13-16-3-1-2-4-17(16)14-18/h1-5,7,18-19,27H,6,8-15H2. The number of nitrogens with zero attached hydrogens (tertiary/aromatic N) is 5. The molecule has 6 heteroatoms. The van der Waals surface area contributed by atoms with E-state index in [1.54, 1.807) is 0 Å². The summed E-state index contributed by atoms with van der Waals surface area (Å²) >= 11 is 0. The second-order valence-electron chi connectivity index (χ2n) is 7.96. The third kappa shape index (κ3) is 3.39. The van der Waals surface area contributed by atoms with Gasteiger partial charge in [0.15, 0.2) is 0 Å². The third-order valence-corrected chi connectivity index (χ3v) is 6.26. The molecule has 27 heavy (non-hydrogen) atoms. The Bertz CT molecular complexity index is 780. The lowest BCUT2D eigenvalue weighted by Gasteiger charge is -2.38. The van der Waals surface area contributed by atoms with Crippen LogP contribution in [0.15, 0.2) is 36.5 Å². The fourth-order valence-electron chi connectivity index (χ4n) is 4.70. The first-order valence-electron chi connectivity index (χ1n) is 10.1. The summed E-state index contributed by atoms with van der Waals surface area (Å²) in [6.07, 6.45) is 4.80. The number of hydrogen-bond acceptors (Lipinski definition) is 6. The van der Waals surface area contributed by atoms with Crippen molar-refractivity contribution in [1.82, 2.24) is 14.9 Å². The second-order valence-corrected chi connectivity index (χ2v) is 7.96. The number of rotatable bonds is 3. The minimum Gasteiger partial charge on any atom is -0.391 e. The largest absolute Gasteiger partial charge is 0.391 e. The van der Waals surface area contributed by atoms with Crippen molar-refractivity contribution in [1.29, 1.82) is 0 Å². The molecule has 6 nitrogen and oxygen atoms in total. The van der Waals surface area contributed by atoms with Gasteiger partial charge >= 0.3 is 0 Å². The first-order valence-corrected chi connectivity index (χ1v) is 10.1. The van der Waals surface area contributed by atoms with Crippen LogP contribution in [0.25, 0.3) is 0 Å². The lowest BCUT2D eigenvalue weighted by molar-refractivity contribution is 0.189. The van der Waals surface area contributed by atoms with Gasteiger partial charge in [0.2, 0.25) is 5.95 Å². The zero-order valence-corrected chi connectivity index (χ0v) is 15.7. The zero-order valence-electron chi connectivity index (χ0n) is 15.7. The first-order chi connectivity index (χ1) is 13.3. The van der Waals surface area contributed by atoms with E-state index in [2.05, 4.69) is 43.9 Å². The first kappa shape index (κ1) is 17.0. The van der Waals surface area contributed by atoms with Gasteiger partial charge in [-0.05, 0) is 36.5 Å². The van der Waals surface area contributed by atoms with Crippen LogP contribution in [0.2, 0.25) is 0 Å². The van der Waals surface area contributed by atoms with E-state index in [4.69, 9.17) is 4.98 Å². The van der Waals surface area contributed by atoms with E-state index in [0.29, 0.717) is 12.6 Å². The number of fused-ring (bicyclic) bond motifs is 1. The topological polar surface area (TPSA) is 55.7 Å². The van der Waals surface area contributed by atoms with E-state index in [0.717, 1.165) is 50.9 Å². The predicted molar refractivity (Wildman–Crippen MR) is 106 cm³/mol. The molecule has 5 rings (SSSR count). The van der Waals surface area contributed by atoms with Gasteiger partial charge in [0.25, 0.3) is 0 Å². The van der Waals surface area contributed by atoms with Crippen LogP contribution in [-0.2, 0) is 12.8 Å². The number of aliphatic hydroxyl groups is 1. The molecule has 0 amide bonds. The number of β-amino-alcohol motifs (C(OH)–C–C–N with tert-alkyl or cyclic N) is 1. The molecule has 2 saturated heterocycles. The Balaban J connectivity index is 1.21. The molecule has 3 aliphatic rings. The highest BCUT2D eigenvalue weighted by Crippen LogP contribution is 2.27. The minimum absolute atomic E-state index is 0.234. The molecular formula is C21H27N5O. The summed E-state index contributed by atoms with van der Waals surface area (Å²) in [5.41, 5.74) is 3.04. The van der Waals surface area contributed by atoms with Crippen LogP contribution < -0.4 is 9.80 Å². The minimum atomic E-state index is -0.234. The maximum atomic E-state index is 9.78. The van der Waals surface area contributed by atoms with Gasteiger partial charge in [-0.2, -0.15) is 4.98 Å². The number of piperazine rings is 1. The fraction of sp³-hybridized carbons (Fsp3) is 0.524. The van der Waals surface area contributed by atoms with Crippen molar-refractivity contribution >= 4 is 11.8 Å². The summed E-state index contributed by atoms with van der Waals surface area (Å²) in [7, 11) is 0. The van der Waals surface area contributed by atoms with Crippen LogP contribution in [0, 0.1) is 0 Å². The van der Waals surface area contributed by atoms with Crippen LogP contribution >= 0.6 is 0 Å². The summed E-state index contributed by atoms with van der Waals surface area (Å²) in [6, 6.07) is 11.5. The highest BCUT2D eigenvalue weighted by Gasteiger charge is 2.30. The Kier molecular flexibility index (Phi) is 4.45. The van der Waals surface area contributed by atoms with Crippen LogP contribution in [-0.4, -0.2) is 71.4 Å². The van der Waals surface area contributed by atoms with Crippen LogP contribution in [0.3, 0.4) is 0 Å². The van der Waals surface area contributed by atoms with Crippen LogP contribution in [0.1, 0.15) is 17.5 Å². The summed E-state index contributed by atoms with van der Waals surface area (Å²) < 4.78 is 0. The molecule has 142 valence electrons. The van der Waals surface area contributed by atoms with Gasteiger partial charge in [0.1, 0.15) is 5.82 Å². The van der Waals surface area contributed by atoms with Gasteiger partial charge in [0.05, 0.1) is 6.10 Å². The molecule has 1 unspecified atom stereocenters. The van der Waals surface area contributed by atoms with Crippen molar-refractivity contribution in [3.8, 4) is 0 Å². The molecule has 2 fully saturated rings. The Morgan fingerprint density at radius 2 is 1.63 bits per heavy atom. The number of benzene rings is 1. The molecule has 1 aliphatic carbocycles. The molecule has 1 N–H and O–H groups in total. The Morgan fingerprint density at radius 3 is 2.30 bits per heavy atom. The van der Waals surface area contributed by atoms with Gasteiger partial charge < -0.3 is 14.9 Å². The maximum Gasteiger partial charge on any atom is 0.227 e. The highest BCUT2D eigenvalue weighted by atomic mass is 16.3. The predicted octanol–water partition coefficient (Wildman–Crippen LogP) is 1.34. The molecule has 1 atom stereocenters. The quantitative estimate of drug-likeness (QED) is 0.886. The number of hydrogen-bond donors (Lipinski definition) is 1. The average molecular weight is 365 g/mol. The molecule has 3 heterocycles. The summed E-state index contributed by atoms with van der Waals surface area (Å²) in [5, 5.41) is 9.78.